The number of aromatic nitrogens is 3. The molecule has 0 spiro atoms. The summed E-state index contributed by atoms with van der Waals surface area (Å²) in [6, 6.07) is 7.68. The summed E-state index contributed by atoms with van der Waals surface area (Å²) in [7, 11) is 0. The molecule has 0 amide bonds. The number of H-pyrrole nitrogens is 1. The van der Waals surface area contributed by atoms with Crippen molar-refractivity contribution in [1.82, 2.24) is 15.2 Å². The van der Waals surface area contributed by atoms with E-state index >= 15 is 0 Å². The molecule has 0 aliphatic rings. The van der Waals surface area contributed by atoms with Gasteiger partial charge < -0.3 is 14.6 Å². The maximum atomic E-state index is 11.5. The van der Waals surface area contributed by atoms with Gasteiger partial charge in [-0.25, -0.2) is 14.6 Å². The largest absolute Gasteiger partial charge is 0.478 e. The lowest BCUT2D eigenvalue weighted by molar-refractivity contribution is -0.131. The molecular weight excluding hydrogens is 406 g/mol. The molecule has 0 saturated carbocycles. The predicted molar refractivity (Wildman–Crippen MR) is 103 cm³/mol. The van der Waals surface area contributed by atoms with Crippen LogP contribution < -0.4 is 0 Å². The number of rotatable bonds is 7. The number of carboxylic acids is 2. The fourth-order valence-corrected chi connectivity index (χ4v) is 3.18. The van der Waals surface area contributed by atoms with Crippen molar-refractivity contribution >= 4 is 41.4 Å². The number of aliphatic carboxylic acids is 1. The molecule has 2 heterocycles. The zero-order chi connectivity index (χ0) is 20.3. The number of carbonyl (C=O) groups is 2. The molecule has 2 aromatic heterocycles. The van der Waals surface area contributed by atoms with Gasteiger partial charge in [0.2, 0.25) is 5.16 Å². The van der Waals surface area contributed by atoms with Gasteiger partial charge in [0.05, 0.1) is 10.6 Å². The molecule has 0 radical (unpaired) electrons. The van der Waals surface area contributed by atoms with Crippen LogP contribution in [0.2, 0.25) is 5.02 Å². The second kappa shape index (κ2) is 8.32. The van der Waals surface area contributed by atoms with Crippen molar-refractivity contribution in [3.05, 3.63) is 57.4 Å². The van der Waals surface area contributed by atoms with Crippen LogP contribution in [0.5, 0.6) is 0 Å². The van der Waals surface area contributed by atoms with E-state index in [1.165, 1.54) is 18.2 Å². The molecule has 3 N–H and O–H groups in total. The summed E-state index contributed by atoms with van der Waals surface area (Å²) in [5, 5.41) is 25.7. The third-order valence-corrected chi connectivity index (χ3v) is 4.85. The molecule has 144 valence electrons. The minimum Gasteiger partial charge on any atom is -0.478 e. The monoisotopic (exact) mass is 419 g/mol. The highest BCUT2D eigenvalue weighted by Gasteiger charge is 2.16. The molecule has 0 aliphatic carbocycles. The first-order chi connectivity index (χ1) is 13.4. The van der Waals surface area contributed by atoms with Crippen LogP contribution in [-0.4, -0.2) is 37.3 Å². The molecule has 0 fully saturated rings. The minimum atomic E-state index is -1.15. The molecule has 8 nitrogen and oxygen atoms in total. The van der Waals surface area contributed by atoms with Crippen molar-refractivity contribution in [3.8, 4) is 11.3 Å². The van der Waals surface area contributed by atoms with E-state index in [0.717, 1.165) is 11.8 Å². The number of hydrogen-bond donors (Lipinski definition) is 3. The van der Waals surface area contributed by atoms with Gasteiger partial charge in [-0.1, -0.05) is 18.5 Å². The number of halogens is 1. The van der Waals surface area contributed by atoms with Gasteiger partial charge in [-0.05, 0) is 42.1 Å². The second-order valence-corrected chi connectivity index (χ2v) is 6.95. The molecule has 0 aliphatic heterocycles. The lowest BCUT2D eigenvalue weighted by Crippen LogP contribution is -1.97. The first kappa shape index (κ1) is 19.7. The molecule has 3 rings (SSSR count). The fraction of sp³-hybridized carbons (Fsp3) is 0.111. The van der Waals surface area contributed by atoms with Crippen LogP contribution in [0.3, 0.4) is 0 Å². The quantitative estimate of drug-likeness (QED) is 0.384. The molecule has 3 aromatic rings. The summed E-state index contributed by atoms with van der Waals surface area (Å²) < 4.78 is 5.65. The summed E-state index contributed by atoms with van der Waals surface area (Å²) >= 11 is 6.77. The van der Waals surface area contributed by atoms with Crippen molar-refractivity contribution in [2.24, 2.45) is 0 Å². The Morgan fingerprint density at radius 1 is 1.29 bits per heavy atom. The van der Waals surface area contributed by atoms with E-state index in [2.05, 4.69) is 15.2 Å². The Hall–Kier alpha value is -3.04. The van der Waals surface area contributed by atoms with E-state index in [1.54, 1.807) is 18.2 Å². The van der Waals surface area contributed by atoms with Crippen molar-refractivity contribution in [1.29, 1.82) is 0 Å². The van der Waals surface area contributed by atoms with Crippen LogP contribution in [0.4, 0.5) is 0 Å². The van der Waals surface area contributed by atoms with Crippen LogP contribution in [0.15, 0.2) is 44.8 Å². The number of aryl methyl sites for hydroxylation is 1. The third kappa shape index (κ3) is 4.44. The predicted octanol–water partition coefficient (Wildman–Crippen LogP) is 4.20. The van der Waals surface area contributed by atoms with E-state index in [9.17, 15) is 19.8 Å². The summed E-state index contributed by atoms with van der Waals surface area (Å²) in [6.07, 6.45) is 2.01. The number of aromatic carboxylic acids is 1. The van der Waals surface area contributed by atoms with E-state index in [4.69, 9.17) is 16.0 Å². The number of nitrogens with one attached hydrogen (secondary N) is 1. The highest BCUT2D eigenvalue weighted by atomic mass is 35.5. The first-order valence-corrected chi connectivity index (χ1v) is 9.24. The summed E-state index contributed by atoms with van der Waals surface area (Å²) in [5.41, 5.74) is 0.457. The van der Waals surface area contributed by atoms with Gasteiger partial charge >= 0.3 is 11.9 Å². The van der Waals surface area contributed by atoms with Crippen LogP contribution >= 0.6 is 23.4 Å². The van der Waals surface area contributed by atoms with E-state index in [0.29, 0.717) is 28.7 Å². The Morgan fingerprint density at radius 3 is 2.71 bits per heavy atom. The van der Waals surface area contributed by atoms with Crippen molar-refractivity contribution < 1.29 is 24.2 Å². The second-order valence-electron chi connectivity index (χ2n) is 5.54. The molecule has 1 aromatic carbocycles. The van der Waals surface area contributed by atoms with Gasteiger partial charge in [0.15, 0.2) is 0 Å². The minimum absolute atomic E-state index is 0.0233. The maximum Gasteiger partial charge on any atom is 0.342 e. The topological polar surface area (TPSA) is 129 Å². The Morgan fingerprint density at radius 2 is 2.07 bits per heavy atom. The van der Waals surface area contributed by atoms with Crippen LogP contribution in [0, 0.1) is 0 Å². The molecule has 28 heavy (non-hydrogen) atoms. The maximum absolute atomic E-state index is 11.5. The number of hydrogen-bond acceptors (Lipinski definition) is 6. The van der Waals surface area contributed by atoms with Gasteiger partial charge in [0, 0.05) is 18.1 Å². The normalized spacial score (nSPS) is 11.6. The SMILES string of the molecule is CCc1nc(S/C(=C\c2ccc(-c3ccc(Cl)c(C(=O)O)c3)o2)C(=O)O)n[nH]1. The van der Waals surface area contributed by atoms with E-state index in [-0.39, 0.29) is 21.3 Å². The Bertz CT molecular complexity index is 1070. The smallest absolute Gasteiger partial charge is 0.342 e. The van der Waals surface area contributed by atoms with Gasteiger partial charge in [-0.3, -0.25) is 5.10 Å². The Kier molecular flexibility index (Phi) is 5.86. The number of thioether (sulfide) groups is 1. The van der Waals surface area contributed by atoms with Gasteiger partial charge in [0.1, 0.15) is 22.3 Å². The van der Waals surface area contributed by atoms with Crippen LogP contribution in [0.1, 0.15) is 28.9 Å². The number of benzene rings is 1. The third-order valence-electron chi connectivity index (χ3n) is 3.64. The first-order valence-electron chi connectivity index (χ1n) is 8.04. The van der Waals surface area contributed by atoms with Gasteiger partial charge in [-0.2, -0.15) is 0 Å². The van der Waals surface area contributed by atoms with Crippen molar-refractivity contribution in [2.75, 3.05) is 0 Å². The molecule has 10 heteroatoms. The highest BCUT2D eigenvalue weighted by Crippen LogP contribution is 2.30. The van der Waals surface area contributed by atoms with Crippen molar-refractivity contribution in [2.45, 2.75) is 18.5 Å². The molecular formula is C18H14ClN3O5S. The number of nitrogens with zero attached hydrogens (tertiary/aromatic N) is 2. The van der Waals surface area contributed by atoms with Gasteiger partial charge in [-0.15, -0.1) is 5.10 Å². The standard InChI is InChI=1S/C18H14ClN3O5S/c1-2-15-20-18(22-21-15)28-14(17(25)26)8-10-4-6-13(27-10)9-3-5-12(19)11(7-9)16(23)24/h3-8H,2H2,1H3,(H,23,24)(H,25,26)(H,20,21,22)/b14-8-. The molecule has 0 unspecified atom stereocenters. The van der Waals surface area contributed by atoms with Gasteiger partial charge in [0.25, 0.3) is 0 Å². The number of furan rings is 1. The summed E-state index contributed by atoms with van der Waals surface area (Å²) in [5.74, 6) is -0.972. The fourth-order valence-electron chi connectivity index (χ4n) is 2.27. The number of aromatic amines is 1. The highest BCUT2D eigenvalue weighted by molar-refractivity contribution is 8.04. The summed E-state index contributed by atoms with van der Waals surface area (Å²) in [6.45, 7) is 1.90. The molecule has 0 atom stereocenters. The van der Waals surface area contributed by atoms with Crippen LogP contribution in [-0.2, 0) is 11.2 Å². The molecule has 0 bridgehead atoms. The average molecular weight is 420 g/mol. The van der Waals surface area contributed by atoms with E-state index < -0.39 is 11.9 Å². The number of carboxylic acid groups (broad SMARTS) is 2. The summed E-state index contributed by atoms with van der Waals surface area (Å²) in [4.78, 5) is 26.9. The zero-order valence-corrected chi connectivity index (χ0v) is 16.0. The van der Waals surface area contributed by atoms with Crippen LogP contribution in [0.25, 0.3) is 17.4 Å². The Balaban J connectivity index is 1.88. The van der Waals surface area contributed by atoms with Crippen molar-refractivity contribution in [3.63, 3.8) is 0 Å². The van der Waals surface area contributed by atoms with E-state index in [1.807, 2.05) is 6.92 Å². The lowest BCUT2D eigenvalue weighted by Gasteiger charge is -2.02. The average Bonchev–Trinajstić information content (AvgIpc) is 3.30. The lowest BCUT2D eigenvalue weighted by atomic mass is 10.1. The zero-order valence-electron chi connectivity index (χ0n) is 14.5. The Labute approximate surface area is 168 Å². The molecule has 0 saturated heterocycles.